The molecule has 0 aliphatic heterocycles. The van der Waals surface area contributed by atoms with Crippen molar-refractivity contribution < 1.29 is 4.79 Å². The van der Waals surface area contributed by atoms with Gasteiger partial charge in [-0.25, -0.2) is 0 Å². The van der Waals surface area contributed by atoms with Gasteiger partial charge < -0.3 is 0 Å². The van der Waals surface area contributed by atoms with Crippen molar-refractivity contribution in [1.29, 1.82) is 0 Å². The number of benzene rings is 2. The van der Waals surface area contributed by atoms with Crippen molar-refractivity contribution in [3.63, 3.8) is 0 Å². The van der Waals surface area contributed by atoms with E-state index in [9.17, 15) is 4.79 Å². The van der Waals surface area contributed by atoms with Crippen LogP contribution in [0.25, 0.3) is 0 Å². The molecule has 0 aliphatic rings. The number of halogens is 1. The van der Waals surface area contributed by atoms with E-state index in [4.69, 9.17) is 0 Å². The molecule has 2 aromatic rings. The molecule has 80 valence electrons. The molecule has 3 heteroatoms. The first-order valence-electron chi connectivity index (χ1n) is 4.78. The maximum absolute atomic E-state index is 11.9. The van der Waals surface area contributed by atoms with Crippen molar-refractivity contribution in [2.75, 3.05) is 0 Å². The van der Waals surface area contributed by atoms with Crippen LogP contribution in [0.1, 0.15) is 10.4 Å². The quantitative estimate of drug-likeness (QED) is 0.739. The Morgan fingerprint density at radius 3 is 2.19 bits per heavy atom. The van der Waals surface area contributed by atoms with Crippen molar-refractivity contribution in [2.45, 2.75) is 0 Å². The van der Waals surface area contributed by atoms with Gasteiger partial charge in [-0.2, -0.15) is 0 Å². The van der Waals surface area contributed by atoms with Crippen LogP contribution in [0.5, 0.6) is 0 Å². The summed E-state index contributed by atoms with van der Waals surface area (Å²) in [7, 11) is 0. The Bertz CT molecular complexity index is 479. The Hall–Kier alpha value is -0.620. The monoisotopic (exact) mass is 390 g/mol. The second-order valence-corrected chi connectivity index (χ2v) is 7.11. The van der Waals surface area contributed by atoms with E-state index in [1.807, 2.05) is 54.6 Å². The van der Waals surface area contributed by atoms with Crippen LogP contribution >= 0.6 is 15.9 Å². The molecule has 0 unspecified atom stereocenters. The van der Waals surface area contributed by atoms with Crippen molar-refractivity contribution in [3.8, 4) is 0 Å². The zero-order chi connectivity index (χ0) is 11.4. The first-order chi connectivity index (χ1) is 7.75. The number of hydrogen-bond donors (Lipinski definition) is 0. The molecule has 0 saturated heterocycles. The molecule has 0 N–H and O–H groups in total. The predicted octanol–water partition coefficient (Wildman–Crippen LogP) is 2.62. The van der Waals surface area contributed by atoms with E-state index in [-0.39, 0.29) is 3.83 Å². The third-order valence-electron chi connectivity index (χ3n) is 2.03. The summed E-state index contributed by atoms with van der Waals surface area (Å²) < 4.78 is 2.51. The fourth-order valence-corrected chi connectivity index (χ4v) is 3.62. The molecule has 0 aliphatic carbocycles. The molecule has 0 aromatic heterocycles. The van der Waals surface area contributed by atoms with Crippen LogP contribution < -0.4 is 3.61 Å². The van der Waals surface area contributed by atoms with Crippen molar-refractivity contribution in [1.82, 2.24) is 0 Å². The Labute approximate surface area is 113 Å². The summed E-state index contributed by atoms with van der Waals surface area (Å²) in [4.78, 5) is 11.9. The first kappa shape index (κ1) is 11.9. The van der Waals surface area contributed by atoms with Gasteiger partial charge in [0.2, 0.25) is 0 Å². The van der Waals surface area contributed by atoms with E-state index in [1.54, 1.807) is 0 Å². The average Bonchev–Trinajstić information content (AvgIpc) is 2.33. The molecule has 0 atom stereocenters. The molecule has 0 bridgehead atoms. The summed E-state index contributed by atoms with van der Waals surface area (Å²) in [6.45, 7) is 0. The van der Waals surface area contributed by atoms with Crippen LogP contribution in [0, 0.1) is 0 Å². The van der Waals surface area contributed by atoms with Gasteiger partial charge in [-0.15, -0.1) is 0 Å². The molecular weight excluding hydrogens is 380 g/mol. The fourth-order valence-electron chi connectivity index (χ4n) is 1.24. The van der Waals surface area contributed by atoms with Gasteiger partial charge in [0.25, 0.3) is 0 Å². The van der Waals surface area contributed by atoms with Gasteiger partial charge in [0.15, 0.2) is 0 Å². The molecule has 16 heavy (non-hydrogen) atoms. The van der Waals surface area contributed by atoms with Crippen LogP contribution in [0.15, 0.2) is 59.1 Å². The molecule has 1 nitrogen and oxygen atoms in total. The summed E-state index contributed by atoms with van der Waals surface area (Å²) in [5, 5.41) is 0. The topological polar surface area (TPSA) is 17.1 Å². The second kappa shape index (κ2) is 5.63. The van der Waals surface area contributed by atoms with E-state index < -0.39 is 20.9 Å². The number of hydrogen-bond acceptors (Lipinski definition) is 1. The van der Waals surface area contributed by atoms with E-state index in [1.165, 1.54) is 3.61 Å². The predicted molar refractivity (Wildman–Crippen MR) is 70.3 cm³/mol. The van der Waals surface area contributed by atoms with E-state index in [2.05, 4.69) is 15.9 Å². The third kappa shape index (κ3) is 3.18. The van der Waals surface area contributed by atoms with Gasteiger partial charge in [0, 0.05) is 0 Å². The minimum absolute atomic E-state index is 0.285. The Kier molecular flexibility index (Phi) is 4.17. The van der Waals surface area contributed by atoms with Crippen molar-refractivity contribution in [2.24, 2.45) is 0 Å². The van der Waals surface area contributed by atoms with Gasteiger partial charge in [0.1, 0.15) is 0 Å². The van der Waals surface area contributed by atoms with Crippen LogP contribution in [0.4, 0.5) is 0 Å². The van der Waals surface area contributed by atoms with Gasteiger partial charge in [-0.05, 0) is 0 Å². The maximum atomic E-state index is 11.9. The van der Waals surface area contributed by atoms with Crippen molar-refractivity contribution in [3.05, 3.63) is 64.6 Å². The second-order valence-electron chi connectivity index (χ2n) is 3.21. The van der Waals surface area contributed by atoms with Gasteiger partial charge >= 0.3 is 114 Å². The summed E-state index contributed by atoms with van der Waals surface area (Å²) in [6.07, 6.45) is 0. The molecule has 2 rings (SSSR count). The number of rotatable bonds is 3. The zero-order valence-electron chi connectivity index (χ0n) is 8.39. The Morgan fingerprint density at radius 1 is 0.938 bits per heavy atom. The molecule has 0 radical (unpaired) electrons. The van der Waals surface area contributed by atoms with E-state index >= 15 is 0 Å². The SMILES string of the molecule is O=C([Te]c1ccc(Br)cc1)c1ccccc1. The summed E-state index contributed by atoms with van der Waals surface area (Å²) in [5.41, 5.74) is 0.827. The van der Waals surface area contributed by atoms with Gasteiger partial charge in [0.05, 0.1) is 0 Å². The number of carbonyl (C=O) groups is 1. The zero-order valence-corrected chi connectivity index (χ0v) is 12.3. The van der Waals surface area contributed by atoms with Crippen molar-refractivity contribution >= 4 is 44.3 Å². The molecule has 0 heterocycles. The molecule has 0 spiro atoms. The summed E-state index contributed by atoms with van der Waals surface area (Å²) in [6, 6.07) is 17.5. The molecule has 0 amide bonds. The van der Waals surface area contributed by atoms with E-state index in [0.717, 1.165) is 10.0 Å². The summed E-state index contributed by atoms with van der Waals surface area (Å²) >= 11 is 2.61. The van der Waals surface area contributed by atoms with Crippen LogP contribution in [0.3, 0.4) is 0 Å². The molecule has 0 fully saturated rings. The van der Waals surface area contributed by atoms with Crippen LogP contribution in [-0.4, -0.2) is 24.8 Å². The average molecular weight is 389 g/mol. The minimum atomic E-state index is -0.777. The molecular formula is C13H9BrOTe. The normalized spacial score (nSPS) is 10.1. The first-order valence-corrected chi connectivity index (χ1v) is 7.91. The number of carbonyl (C=O) groups excluding carboxylic acids is 1. The van der Waals surface area contributed by atoms with Gasteiger partial charge in [-0.3, -0.25) is 0 Å². The van der Waals surface area contributed by atoms with Gasteiger partial charge in [-0.1, -0.05) is 0 Å². The Morgan fingerprint density at radius 2 is 1.56 bits per heavy atom. The molecule has 0 saturated carbocycles. The fraction of sp³-hybridized carbons (Fsp3) is 0. The Balaban J connectivity index is 2.11. The van der Waals surface area contributed by atoms with Crippen LogP contribution in [0.2, 0.25) is 0 Å². The molecule has 2 aromatic carbocycles. The summed E-state index contributed by atoms with van der Waals surface area (Å²) in [5.74, 6) is 0. The third-order valence-corrected chi connectivity index (χ3v) is 5.21. The van der Waals surface area contributed by atoms with E-state index in [0.29, 0.717) is 0 Å². The van der Waals surface area contributed by atoms with Crippen LogP contribution in [-0.2, 0) is 0 Å². The standard InChI is InChI=1S/C13H9BrOTe/c14-11-6-8-12(9-7-11)16-13(15)10-4-2-1-3-5-10/h1-9H.